The van der Waals surface area contributed by atoms with E-state index in [1.807, 2.05) is 17.5 Å². The van der Waals surface area contributed by atoms with Gasteiger partial charge in [0.05, 0.1) is 41.7 Å². The fourth-order valence-corrected chi connectivity index (χ4v) is 5.63. The minimum atomic E-state index is -0.591. The van der Waals surface area contributed by atoms with Crippen LogP contribution in [0.15, 0.2) is 73.2 Å². The largest absolute Gasteiger partial charge is 0.268 e. The minimum Gasteiger partial charge on any atom is -0.268 e. The van der Waals surface area contributed by atoms with Gasteiger partial charge in [-0.3, -0.25) is 19.2 Å². The van der Waals surface area contributed by atoms with Gasteiger partial charge in [-0.05, 0) is 29.6 Å². The van der Waals surface area contributed by atoms with Crippen LogP contribution in [0.5, 0.6) is 0 Å². The normalized spacial score (nSPS) is 14.6. The summed E-state index contributed by atoms with van der Waals surface area (Å²) in [5, 5.41) is 2.42. The van der Waals surface area contributed by atoms with Crippen LogP contribution in [0.2, 0.25) is 0 Å². The number of imide groups is 2. The van der Waals surface area contributed by atoms with E-state index in [0.717, 1.165) is 14.7 Å². The molecule has 0 saturated carbocycles. The number of anilines is 2. The maximum Gasteiger partial charge on any atom is 0.266 e. The van der Waals surface area contributed by atoms with Crippen LogP contribution in [-0.4, -0.2) is 43.6 Å². The second-order valence-corrected chi connectivity index (χ2v) is 9.27. The SMILES string of the molecule is O=C1c2ccc3c4c(c(-c5cccs5)cc(c24)C(=O)N1c1cncnc1)C(=O)N(c1cncnc1)C3=O. The molecular weight excluding hydrogens is 492 g/mol. The first-order valence-corrected chi connectivity index (χ1v) is 11.9. The average Bonchev–Trinajstić information content (AvgIpc) is 3.47. The summed E-state index contributed by atoms with van der Waals surface area (Å²) in [6.07, 6.45) is 8.13. The Hall–Kier alpha value is -5.16. The summed E-state index contributed by atoms with van der Waals surface area (Å²) in [5.41, 5.74) is 1.77. The maximum absolute atomic E-state index is 14.0. The van der Waals surface area contributed by atoms with Gasteiger partial charge in [-0.1, -0.05) is 6.07 Å². The molecule has 37 heavy (non-hydrogen) atoms. The number of amides is 4. The van der Waals surface area contributed by atoms with Crippen LogP contribution < -0.4 is 9.80 Å². The lowest BCUT2D eigenvalue weighted by atomic mass is 9.83. The van der Waals surface area contributed by atoms with Crippen molar-refractivity contribution in [2.24, 2.45) is 0 Å². The highest BCUT2D eigenvalue weighted by atomic mass is 32.1. The standard InChI is InChI=1S/C26H12N6O4S/c33-23-15-3-4-16-21-20(15)18(25(35)31(23)13-7-27-11-28-8-13)6-17(19-2-1-5-37-19)22(21)26(36)32(24(16)34)14-9-29-12-30-10-14/h1-12H. The summed E-state index contributed by atoms with van der Waals surface area (Å²) in [6, 6.07) is 8.31. The molecule has 176 valence electrons. The molecule has 10 nitrogen and oxygen atoms in total. The minimum absolute atomic E-state index is 0.202. The number of aromatic nitrogens is 4. The molecular formula is C26H12N6O4S. The molecule has 0 saturated heterocycles. The molecule has 7 rings (SSSR count). The molecule has 2 aromatic carbocycles. The van der Waals surface area contributed by atoms with E-state index >= 15 is 0 Å². The van der Waals surface area contributed by atoms with Crippen molar-refractivity contribution in [2.75, 3.05) is 9.80 Å². The van der Waals surface area contributed by atoms with E-state index in [2.05, 4.69) is 19.9 Å². The number of carbonyl (C=O) groups is 4. The van der Waals surface area contributed by atoms with Crippen LogP contribution in [0.1, 0.15) is 41.4 Å². The smallest absolute Gasteiger partial charge is 0.266 e. The quantitative estimate of drug-likeness (QED) is 0.340. The Kier molecular flexibility index (Phi) is 4.38. The number of rotatable bonds is 3. The van der Waals surface area contributed by atoms with Crippen molar-refractivity contribution in [3.8, 4) is 10.4 Å². The van der Waals surface area contributed by atoms with Crippen LogP contribution in [0.3, 0.4) is 0 Å². The number of carbonyl (C=O) groups excluding carboxylic acids is 4. The van der Waals surface area contributed by atoms with Crippen LogP contribution in [0.4, 0.5) is 11.4 Å². The van der Waals surface area contributed by atoms with Gasteiger partial charge >= 0.3 is 0 Å². The Bertz CT molecular complexity index is 1810. The lowest BCUT2D eigenvalue weighted by Crippen LogP contribution is -2.44. The number of benzene rings is 2. The van der Waals surface area contributed by atoms with Crippen LogP contribution in [0.25, 0.3) is 21.2 Å². The summed E-state index contributed by atoms with van der Waals surface area (Å²) in [4.78, 5) is 73.5. The first kappa shape index (κ1) is 21.1. The maximum atomic E-state index is 14.0. The molecule has 4 amide bonds. The number of thiophene rings is 1. The van der Waals surface area contributed by atoms with Crippen molar-refractivity contribution < 1.29 is 19.2 Å². The van der Waals surface area contributed by atoms with E-state index in [-0.39, 0.29) is 44.4 Å². The third-order valence-electron chi connectivity index (χ3n) is 6.40. The van der Waals surface area contributed by atoms with Crippen molar-refractivity contribution in [1.29, 1.82) is 0 Å². The van der Waals surface area contributed by atoms with Gasteiger partial charge in [0.25, 0.3) is 23.6 Å². The Labute approximate surface area is 211 Å². The first-order valence-electron chi connectivity index (χ1n) is 11.0. The Balaban J connectivity index is 1.57. The van der Waals surface area contributed by atoms with Crippen LogP contribution in [-0.2, 0) is 0 Å². The fraction of sp³-hybridized carbons (Fsp3) is 0. The summed E-state index contributed by atoms with van der Waals surface area (Å²) in [7, 11) is 0. The fourth-order valence-electron chi connectivity index (χ4n) is 4.88. The summed E-state index contributed by atoms with van der Waals surface area (Å²) < 4.78 is 0. The van der Waals surface area contributed by atoms with Gasteiger partial charge < -0.3 is 0 Å². The number of nitrogens with zero attached hydrogens (tertiary/aromatic N) is 6. The molecule has 0 fully saturated rings. The van der Waals surface area contributed by atoms with Gasteiger partial charge in [-0.25, -0.2) is 29.7 Å². The summed E-state index contributed by atoms with van der Waals surface area (Å²) in [6.45, 7) is 0. The summed E-state index contributed by atoms with van der Waals surface area (Å²) >= 11 is 1.39. The van der Waals surface area contributed by atoms with Crippen molar-refractivity contribution in [3.63, 3.8) is 0 Å². The highest BCUT2D eigenvalue weighted by Crippen LogP contribution is 2.44. The molecule has 11 heteroatoms. The second-order valence-electron chi connectivity index (χ2n) is 8.32. The molecule has 5 aromatic rings. The third kappa shape index (κ3) is 2.85. The van der Waals surface area contributed by atoms with Gasteiger partial charge in [-0.2, -0.15) is 0 Å². The van der Waals surface area contributed by atoms with Crippen LogP contribution >= 0.6 is 11.3 Å². The zero-order chi connectivity index (χ0) is 25.3. The molecule has 5 heterocycles. The van der Waals surface area contributed by atoms with E-state index < -0.39 is 23.6 Å². The second kappa shape index (κ2) is 7.67. The van der Waals surface area contributed by atoms with E-state index in [9.17, 15) is 19.2 Å². The molecule has 2 aliphatic rings. The molecule has 2 aliphatic heterocycles. The van der Waals surface area contributed by atoms with E-state index in [1.165, 1.54) is 60.9 Å². The molecule has 0 spiro atoms. The number of hydrogen-bond acceptors (Lipinski definition) is 9. The van der Waals surface area contributed by atoms with Crippen molar-refractivity contribution in [1.82, 2.24) is 19.9 Å². The predicted octanol–water partition coefficient (Wildman–Crippen LogP) is 3.75. The first-order chi connectivity index (χ1) is 18.1. The van der Waals surface area contributed by atoms with Crippen molar-refractivity contribution in [3.05, 3.63) is 95.4 Å². The monoisotopic (exact) mass is 504 g/mol. The predicted molar refractivity (Wildman–Crippen MR) is 134 cm³/mol. The average molecular weight is 504 g/mol. The highest BCUT2D eigenvalue weighted by molar-refractivity contribution is 7.13. The van der Waals surface area contributed by atoms with Gasteiger partial charge in [0.1, 0.15) is 12.7 Å². The lowest BCUT2D eigenvalue weighted by molar-refractivity contribution is 0.0873. The van der Waals surface area contributed by atoms with E-state index in [4.69, 9.17) is 0 Å². The molecule has 0 bridgehead atoms. The zero-order valence-corrected chi connectivity index (χ0v) is 19.5. The van der Waals surface area contributed by atoms with Gasteiger partial charge in [0.15, 0.2) is 0 Å². The molecule has 0 aliphatic carbocycles. The molecule has 0 radical (unpaired) electrons. The van der Waals surface area contributed by atoms with E-state index in [0.29, 0.717) is 5.56 Å². The van der Waals surface area contributed by atoms with Crippen molar-refractivity contribution in [2.45, 2.75) is 0 Å². The topological polar surface area (TPSA) is 126 Å². The molecule has 0 N–H and O–H groups in total. The Morgan fingerprint density at radius 1 is 0.595 bits per heavy atom. The highest BCUT2D eigenvalue weighted by Gasteiger charge is 2.42. The number of hydrogen-bond donors (Lipinski definition) is 0. The van der Waals surface area contributed by atoms with Gasteiger partial charge in [-0.15, -0.1) is 11.3 Å². The van der Waals surface area contributed by atoms with Gasteiger partial charge in [0.2, 0.25) is 0 Å². The van der Waals surface area contributed by atoms with Crippen LogP contribution in [0, 0.1) is 0 Å². The Morgan fingerprint density at radius 2 is 1.14 bits per heavy atom. The van der Waals surface area contributed by atoms with Gasteiger partial charge in [0, 0.05) is 37.9 Å². The third-order valence-corrected chi connectivity index (χ3v) is 7.30. The molecule has 0 atom stereocenters. The lowest BCUT2D eigenvalue weighted by Gasteiger charge is -2.32. The Morgan fingerprint density at radius 3 is 1.70 bits per heavy atom. The molecule has 3 aromatic heterocycles. The summed E-state index contributed by atoms with van der Waals surface area (Å²) in [5.74, 6) is -2.36. The zero-order valence-electron chi connectivity index (χ0n) is 18.7. The molecule has 0 unspecified atom stereocenters. The van der Waals surface area contributed by atoms with E-state index in [1.54, 1.807) is 6.07 Å². The van der Waals surface area contributed by atoms with Crippen molar-refractivity contribution >= 4 is 57.1 Å².